The fourth-order valence-corrected chi connectivity index (χ4v) is 3.70. The van der Waals surface area contributed by atoms with Gasteiger partial charge in [-0.3, -0.25) is 4.79 Å². The standard InChI is InChI=1S/C23H25NO2S/c1-4-20(19-11-9-16(2)10-12-19)24-23(25)22-13-18(15-27-22)14-26-21-8-6-5-7-17(21)3/h5-13,15,20H,4,14H2,1-3H3,(H,24,25). The van der Waals surface area contributed by atoms with E-state index < -0.39 is 0 Å². The van der Waals surface area contributed by atoms with E-state index in [-0.39, 0.29) is 11.9 Å². The molecule has 0 radical (unpaired) electrons. The number of rotatable bonds is 7. The van der Waals surface area contributed by atoms with Crippen LogP contribution < -0.4 is 10.1 Å². The number of thiophene rings is 1. The first-order valence-electron chi connectivity index (χ1n) is 9.20. The summed E-state index contributed by atoms with van der Waals surface area (Å²) < 4.78 is 5.87. The van der Waals surface area contributed by atoms with Crippen LogP contribution >= 0.6 is 11.3 Å². The second-order valence-corrected chi connectivity index (χ2v) is 7.63. The van der Waals surface area contributed by atoms with Crippen LogP contribution in [0, 0.1) is 13.8 Å². The van der Waals surface area contributed by atoms with Crippen LogP contribution in [0.3, 0.4) is 0 Å². The summed E-state index contributed by atoms with van der Waals surface area (Å²) in [5, 5.41) is 5.13. The maximum atomic E-state index is 12.7. The summed E-state index contributed by atoms with van der Waals surface area (Å²) >= 11 is 1.46. The number of carbonyl (C=O) groups is 1. The second-order valence-electron chi connectivity index (χ2n) is 6.72. The molecule has 3 aromatic rings. The van der Waals surface area contributed by atoms with Gasteiger partial charge in [-0.15, -0.1) is 11.3 Å². The molecule has 1 heterocycles. The highest BCUT2D eigenvalue weighted by molar-refractivity contribution is 7.12. The first-order valence-corrected chi connectivity index (χ1v) is 10.1. The van der Waals surface area contributed by atoms with E-state index >= 15 is 0 Å². The van der Waals surface area contributed by atoms with Crippen molar-refractivity contribution < 1.29 is 9.53 Å². The van der Waals surface area contributed by atoms with Crippen molar-refractivity contribution in [3.63, 3.8) is 0 Å². The molecule has 1 aromatic heterocycles. The van der Waals surface area contributed by atoms with Gasteiger partial charge in [0.2, 0.25) is 0 Å². The van der Waals surface area contributed by atoms with E-state index in [2.05, 4.69) is 43.4 Å². The molecule has 0 aliphatic rings. The number of ether oxygens (including phenoxy) is 1. The minimum atomic E-state index is -0.0328. The summed E-state index contributed by atoms with van der Waals surface area (Å²) in [7, 11) is 0. The van der Waals surface area contributed by atoms with E-state index in [1.807, 2.05) is 42.6 Å². The maximum absolute atomic E-state index is 12.7. The molecule has 0 aliphatic heterocycles. The zero-order valence-corrected chi connectivity index (χ0v) is 16.8. The van der Waals surface area contributed by atoms with E-state index in [1.165, 1.54) is 16.9 Å². The summed E-state index contributed by atoms with van der Waals surface area (Å²) in [6.07, 6.45) is 0.851. The summed E-state index contributed by atoms with van der Waals surface area (Å²) in [6, 6.07) is 18.2. The molecule has 0 saturated heterocycles. The zero-order valence-electron chi connectivity index (χ0n) is 16.0. The molecule has 0 bridgehead atoms. The van der Waals surface area contributed by atoms with Crippen molar-refractivity contribution in [3.05, 3.63) is 87.1 Å². The number of aryl methyl sites for hydroxylation is 2. The molecule has 1 N–H and O–H groups in total. The van der Waals surface area contributed by atoms with Crippen LogP contribution in [0.15, 0.2) is 60.0 Å². The number of benzene rings is 2. The van der Waals surface area contributed by atoms with E-state index in [4.69, 9.17) is 4.74 Å². The lowest BCUT2D eigenvalue weighted by atomic mass is 10.0. The van der Waals surface area contributed by atoms with Gasteiger partial charge in [-0.05, 0) is 48.9 Å². The van der Waals surface area contributed by atoms with Gasteiger partial charge in [0.1, 0.15) is 12.4 Å². The molecular weight excluding hydrogens is 354 g/mol. The molecule has 0 aliphatic carbocycles. The first-order chi connectivity index (χ1) is 13.1. The van der Waals surface area contributed by atoms with Crippen molar-refractivity contribution in [1.29, 1.82) is 0 Å². The molecule has 1 amide bonds. The molecule has 1 unspecified atom stereocenters. The monoisotopic (exact) mass is 379 g/mol. The molecule has 140 valence electrons. The third-order valence-electron chi connectivity index (χ3n) is 4.56. The van der Waals surface area contributed by atoms with E-state index in [0.717, 1.165) is 28.9 Å². The largest absolute Gasteiger partial charge is 0.489 e. The Bertz CT molecular complexity index is 899. The van der Waals surface area contributed by atoms with Gasteiger partial charge in [0.15, 0.2) is 0 Å². The highest BCUT2D eigenvalue weighted by atomic mass is 32.1. The highest BCUT2D eigenvalue weighted by Gasteiger charge is 2.16. The van der Waals surface area contributed by atoms with Crippen LogP contribution in [0.5, 0.6) is 5.75 Å². The number of para-hydroxylation sites is 1. The lowest BCUT2D eigenvalue weighted by Crippen LogP contribution is -2.27. The lowest BCUT2D eigenvalue weighted by Gasteiger charge is -2.17. The van der Waals surface area contributed by atoms with E-state index in [0.29, 0.717) is 11.5 Å². The average molecular weight is 380 g/mol. The summed E-state index contributed by atoms with van der Waals surface area (Å²) in [6.45, 7) is 6.64. The molecular formula is C23H25NO2S. The van der Waals surface area contributed by atoms with Crippen molar-refractivity contribution in [3.8, 4) is 5.75 Å². The summed E-state index contributed by atoms with van der Waals surface area (Å²) in [5.74, 6) is 0.842. The van der Waals surface area contributed by atoms with Gasteiger partial charge in [-0.25, -0.2) is 0 Å². The smallest absolute Gasteiger partial charge is 0.261 e. The SMILES string of the molecule is CCC(NC(=O)c1cc(COc2ccccc2C)cs1)c1ccc(C)cc1. The molecule has 3 nitrogen and oxygen atoms in total. The predicted octanol–water partition coefficient (Wildman–Crippen LogP) is 5.83. The minimum absolute atomic E-state index is 0.0202. The van der Waals surface area contributed by atoms with Gasteiger partial charge in [0.05, 0.1) is 10.9 Å². The Morgan fingerprint density at radius 3 is 2.56 bits per heavy atom. The van der Waals surface area contributed by atoms with Gasteiger partial charge < -0.3 is 10.1 Å². The van der Waals surface area contributed by atoms with Crippen LogP contribution in [0.4, 0.5) is 0 Å². The summed E-state index contributed by atoms with van der Waals surface area (Å²) in [5.41, 5.74) is 4.47. The first kappa shape index (κ1) is 19.2. The van der Waals surface area contributed by atoms with Crippen molar-refractivity contribution in [2.45, 2.75) is 39.8 Å². The highest BCUT2D eigenvalue weighted by Crippen LogP contribution is 2.22. The fraction of sp³-hybridized carbons (Fsp3) is 0.261. The Morgan fingerprint density at radius 2 is 1.85 bits per heavy atom. The van der Waals surface area contributed by atoms with Gasteiger partial charge in [-0.2, -0.15) is 0 Å². The Hall–Kier alpha value is -2.59. The zero-order chi connectivity index (χ0) is 19.2. The van der Waals surface area contributed by atoms with Crippen LogP contribution in [0.25, 0.3) is 0 Å². The van der Waals surface area contributed by atoms with Crippen molar-refractivity contribution in [2.75, 3.05) is 0 Å². The molecule has 4 heteroatoms. The number of hydrogen-bond acceptors (Lipinski definition) is 3. The van der Waals surface area contributed by atoms with Crippen LogP contribution in [-0.4, -0.2) is 5.91 Å². The number of hydrogen-bond donors (Lipinski definition) is 1. The minimum Gasteiger partial charge on any atom is -0.489 e. The van der Waals surface area contributed by atoms with Gasteiger partial charge in [0.25, 0.3) is 5.91 Å². The molecule has 2 aromatic carbocycles. The molecule has 0 spiro atoms. The third-order valence-corrected chi connectivity index (χ3v) is 5.54. The Kier molecular flexibility index (Phi) is 6.30. The molecule has 0 fully saturated rings. The van der Waals surface area contributed by atoms with Crippen molar-refractivity contribution in [1.82, 2.24) is 5.32 Å². The average Bonchev–Trinajstić information content (AvgIpc) is 3.15. The van der Waals surface area contributed by atoms with Gasteiger partial charge >= 0.3 is 0 Å². The van der Waals surface area contributed by atoms with Crippen molar-refractivity contribution >= 4 is 17.2 Å². The van der Waals surface area contributed by atoms with Crippen LogP contribution in [-0.2, 0) is 6.61 Å². The van der Waals surface area contributed by atoms with Gasteiger partial charge in [-0.1, -0.05) is 55.0 Å². The van der Waals surface area contributed by atoms with Crippen molar-refractivity contribution in [2.24, 2.45) is 0 Å². The van der Waals surface area contributed by atoms with E-state index in [9.17, 15) is 4.79 Å². The Morgan fingerprint density at radius 1 is 1.11 bits per heavy atom. The number of carbonyl (C=O) groups excluding carboxylic acids is 1. The molecule has 1 atom stereocenters. The molecule has 27 heavy (non-hydrogen) atoms. The lowest BCUT2D eigenvalue weighted by molar-refractivity contribution is 0.0939. The topological polar surface area (TPSA) is 38.3 Å². The predicted molar refractivity (Wildman–Crippen MR) is 112 cm³/mol. The molecule has 0 saturated carbocycles. The van der Waals surface area contributed by atoms with Crippen LogP contribution in [0.1, 0.15) is 51.3 Å². The second kappa shape index (κ2) is 8.87. The van der Waals surface area contributed by atoms with Crippen LogP contribution in [0.2, 0.25) is 0 Å². The van der Waals surface area contributed by atoms with Gasteiger partial charge in [0, 0.05) is 5.56 Å². The normalized spacial score (nSPS) is 11.8. The Balaban J connectivity index is 1.62. The quantitative estimate of drug-likeness (QED) is 0.561. The summed E-state index contributed by atoms with van der Waals surface area (Å²) in [4.78, 5) is 13.4. The molecule has 3 rings (SSSR count). The fourth-order valence-electron chi connectivity index (χ4n) is 2.90. The number of nitrogens with one attached hydrogen (secondary N) is 1. The Labute approximate surface area is 165 Å². The maximum Gasteiger partial charge on any atom is 0.261 e. The van der Waals surface area contributed by atoms with E-state index in [1.54, 1.807) is 0 Å². The number of amides is 1. The third kappa shape index (κ3) is 4.98.